The second kappa shape index (κ2) is 9.14. The Hall–Kier alpha value is -2.20. The summed E-state index contributed by atoms with van der Waals surface area (Å²) in [5.74, 6) is -0.0980. The quantitative estimate of drug-likeness (QED) is 0.794. The zero-order chi connectivity index (χ0) is 19.2. The molecule has 0 aromatic heterocycles. The number of likely N-dealkylation sites (tertiary alicyclic amines) is 1. The number of rotatable bonds is 6. The lowest BCUT2D eigenvalue weighted by atomic mass is 9.95. The summed E-state index contributed by atoms with van der Waals surface area (Å²) in [5.41, 5.74) is 4.48. The average molecular weight is 368 g/mol. The van der Waals surface area contributed by atoms with E-state index in [2.05, 4.69) is 42.3 Å². The summed E-state index contributed by atoms with van der Waals surface area (Å²) in [5, 5.41) is 3.23. The van der Waals surface area contributed by atoms with Crippen molar-refractivity contribution >= 4 is 11.6 Å². The molecule has 1 N–H and O–H groups in total. The maximum Gasteiger partial charge on any atom is 0.228 e. The molecule has 2 aromatic rings. The van der Waals surface area contributed by atoms with Gasteiger partial charge in [-0.05, 0) is 61.1 Å². The topological polar surface area (TPSA) is 32.3 Å². The Morgan fingerprint density at radius 1 is 1.11 bits per heavy atom. The van der Waals surface area contributed by atoms with Crippen LogP contribution in [0.1, 0.15) is 43.4 Å². The number of nitrogens with zero attached hydrogens (tertiary/aromatic N) is 1. The van der Waals surface area contributed by atoms with Gasteiger partial charge in [0.15, 0.2) is 0 Å². The summed E-state index contributed by atoms with van der Waals surface area (Å²) in [7, 11) is 0. The molecule has 0 unspecified atom stereocenters. The van der Waals surface area contributed by atoms with Crippen molar-refractivity contribution in [2.75, 3.05) is 18.4 Å². The molecule has 27 heavy (non-hydrogen) atoms. The van der Waals surface area contributed by atoms with Crippen LogP contribution in [0.4, 0.5) is 10.1 Å². The van der Waals surface area contributed by atoms with Crippen molar-refractivity contribution in [2.24, 2.45) is 5.92 Å². The van der Waals surface area contributed by atoms with Gasteiger partial charge >= 0.3 is 0 Å². The summed E-state index contributed by atoms with van der Waals surface area (Å²) >= 11 is 0. The van der Waals surface area contributed by atoms with Crippen LogP contribution in [0.5, 0.6) is 0 Å². The molecule has 3 rings (SSSR count). The first kappa shape index (κ1) is 19.6. The number of benzene rings is 2. The molecule has 1 amide bonds. The predicted octanol–water partition coefficient (Wildman–Crippen LogP) is 4.80. The summed E-state index contributed by atoms with van der Waals surface area (Å²) in [6.07, 6.45) is 3.74. The highest BCUT2D eigenvalue weighted by Crippen LogP contribution is 2.25. The highest BCUT2D eigenvalue weighted by atomic mass is 19.1. The van der Waals surface area contributed by atoms with Crippen LogP contribution in [-0.4, -0.2) is 23.9 Å². The number of amides is 1. The van der Waals surface area contributed by atoms with Crippen LogP contribution in [-0.2, 0) is 24.2 Å². The van der Waals surface area contributed by atoms with E-state index in [1.54, 1.807) is 0 Å². The number of carbonyl (C=O) groups excluding carboxylic acids is 1. The van der Waals surface area contributed by atoms with Crippen LogP contribution < -0.4 is 5.32 Å². The van der Waals surface area contributed by atoms with Gasteiger partial charge in [0, 0.05) is 18.8 Å². The number of aryl methyl sites for hydroxylation is 2. The fourth-order valence-corrected chi connectivity index (χ4v) is 3.89. The van der Waals surface area contributed by atoms with Gasteiger partial charge in [-0.2, -0.15) is 0 Å². The van der Waals surface area contributed by atoms with Crippen molar-refractivity contribution in [3.05, 3.63) is 65.0 Å². The molecular weight excluding hydrogens is 339 g/mol. The average Bonchev–Trinajstić information content (AvgIpc) is 2.70. The fourth-order valence-electron chi connectivity index (χ4n) is 3.89. The molecular formula is C23H29FN2O. The second-order valence-electron chi connectivity index (χ2n) is 7.35. The molecule has 1 aliphatic rings. The van der Waals surface area contributed by atoms with Crippen molar-refractivity contribution < 1.29 is 9.18 Å². The van der Waals surface area contributed by atoms with E-state index in [-0.39, 0.29) is 17.6 Å². The van der Waals surface area contributed by atoms with Gasteiger partial charge in [-0.25, -0.2) is 4.39 Å². The van der Waals surface area contributed by atoms with Gasteiger partial charge in [0.25, 0.3) is 0 Å². The Labute approximate surface area is 161 Å². The lowest BCUT2D eigenvalue weighted by Crippen LogP contribution is -2.40. The van der Waals surface area contributed by atoms with Crippen LogP contribution in [0.25, 0.3) is 0 Å². The summed E-state index contributed by atoms with van der Waals surface area (Å²) in [6, 6.07) is 12.9. The predicted molar refractivity (Wildman–Crippen MR) is 108 cm³/mol. The third-order valence-corrected chi connectivity index (χ3v) is 5.44. The van der Waals surface area contributed by atoms with Gasteiger partial charge in [0.2, 0.25) is 5.91 Å². The fraction of sp³-hybridized carbons (Fsp3) is 0.435. The number of carbonyl (C=O) groups is 1. The Morgan fingerprint density at radius 2 is 1.78 bits per heavy atom. The first-order valence-corrected chi connectivity index (χ1v) is 9.99. The normalized spacial score (nSPS) is 17.7. The number of para-hydroxylation sites is 1. The summed E-state index contributed by atoms with van der Waals surface area (Å²) in [6.45, 7) is 6.73. The highest BCUT2D eigenvalue weighted by Gasteiger charge is 2.26. The van der Waals surface area contributed by atoms with Gasteiger partial charge in [-0.1, -0.05) is 44.2 Å². The number of hydrogen-bond acceptors (Lipinski definition) is 2. The molecule has 0 radical (unpaired) electrons. The molecule has 1 fully saturated rings. The molecule has 1 aliphatic heterocycles. The highest BCUT2D eigenvalue weighted by molar-refractivity contribution is 5.94. The summed E-state index contributed by atoms with van der Waals surface area (Å²) < 4.78 is 13.1. The van der Waals surface area contributed by atoms with Crippen LogP contribution in [0.15, 0.2) is 42.5 Å². The van der Waals surface area contributed by atoms with E-state index >= 15 is 0 Å². The van der Waals surface area contributed by atoms with Crippen molar-refractivity contribution in [3.8, 4) is 0 Å². The van der Waals surface area contributed by atoms with Crippen molar-refractivity contribution in [2.45, 2.75) is 46.1 Å². The third-order valence-electron chi connectivity index (χ3n) is 5.44. The molecule has 1 heterocycles. The third kappa shape index (κ3) is 4.95. The smallest absolute Gasteiger partial charge is 0.228 e. The van der Waals surface area contributed by atoms with E-state index in [4.69, 9.17) is 0 Å². The van der Waals surface area contributed by atoms with Gasteiger partial charge in [-0.15, -0.1) is 0 Å². The van der Waals surface area contributed by atoms with E-state index in [1.165, 1.54) is 23.3 Å². The summed E-state index contributed by atoms with van der Waals surface area (Å²) in [4.78, 5) is 15.3. The van der Waals surface area contributed by atoms with E-state index in [0.29, 0.717) is 0 Å². The molecule has 0 aliphatic carbocycles. The molecule has 4 heteroatoms. The molecule has 1 saturated heterocycles. The van der Waals surface area contributed by atoms with Crippen molar-refractivity contribution in [1.82, 2.24) is 4.90 Å². The van der Waals surface area contributed by atoms with Gasteiger partial charge in [0.1, 0.15) is 5.82 Å². The van der Waals surface area contributed by atoms with Crippen LogP contribution in [0.3, 0.4) is 0 Å². The van der Waals surface area contributed by atoms with E-state index in [9.17, 15) is 9.18 Å². The molecule has 0 spiro atoms. The first-order chi connectivity index (χ1) is 13.1. The Kier molecular flexibility index (Phi) is 6.62. The van der Waals surface area contributed by atoms with Gasteiger partial charge in [-0.3, -0.25) is 9.69 Å². The SMILES string of the molecule is CCc1cccc(CC)c1NC(=O)[C@@H]1CCCN(Cc2ccc(F)cc2)C1. The molecule has 1 atom stereocenters. The Morgan fingerprint density at radius 3 is 2.41 bits per heavy atom. The van der Waals surface area contributed by atoms with Crippen LogP contribution in [0, 0.1) is 11.7 Å². The maximum absolute atomic E-state index is 13.1. The Bertz CT molecular complexity index is 750. The number of hydrogen-bond donors (Lipinski definition) is 1. The van der Waals surface area contributed by atoms with Crippen molar-refractivity contribution in [1.29, 1.82) is 0 Å². The standard InChI is InChI=1S/C23H29FN2O/c1-3-18-7-5-8-19(4-2)22(18)25-23(27)20-9-6-14-26(16-20)15-17-10-12-21(24)13-11-17/h5,7-8,10-13,20H,3-4,6,9,14-16H2,1-2H3,(H,25,27)/t20-/m1/s1. The van der Waals surface area contributed by atoms with Crippen LogP contribution >= 0.6 is 0 Å². The van der Waals surface area contributed by atoms with Gasteiger partial charge < -0.3 is 5.32 Å². The minimum Gasteiger partial charge on any atom is -0.325 e. The second-order valence-corrected chi connectivity index (χ2v) is 7.35. The lowest BCUT2D eigenvalue weighted by molar-refractivity contribution is -0.121. The van der Waals surface area contributed by atoms with Crippen LogP contribution in [0.2, 0.25) is 0 Å². The van der Waals surface area contributed by atoms with Gasteiger partial charge in [0.05, 0.1) is 5.92 Å². The zero-order valence-corrected chi connectivity index (χ0v) is 16.3. The number of piperidine rings is 1. The lowest BCUT2D eigenvalue weighted by Gasteiger charge is -2.32. The van der Waals surface area contributed by atoms with E-state index in [0.717, 1.165) is 56.6 Å². The largest absolute Gasteiger partial charge is 0.325 e. The van der Waals surface area contributed by atoms with E-state index < -0.39 is 0 Å². The molecule has 2 aromatic carbocycles. The minimum atomic E-state index is -0.212. The Balaban J connectivity index is 1.66. The number of halogens is 1. The van der Waals surface area contributed by atoms with Crippen molar-refractivity contribution in [3.63, 3.8) is 0 Å². The zero-order valence-electron chi connectivity index (χ0n) is 16.3. The molecule has 0 bridgehead atoms. The first-order valence-electron chi connectivity index (χ1n) is 9.99. The molecule has 3 nitrogen and oxygen atoms in total. The van der Waals surface area contributed by atoms with E-state index in [1.807, 2.05) is 12.1 Å². The monoisotopic (exact) mass is 368 g/mol. The molecule has 144 valence electrons. The number of nitrogens with one attached hydrogen (secondary N) is 1. The minimum absolute atomic E-state index is 0.00573. The maximum atomic E-state index is 13.1. The number of anilines is 1. The molecule has 0 saturated carbocycles.